The fraction of sp³-hybridized carbons (Fsp3) is 0.381. The van der Waals surface area contributed by atoms with Crippen LogP contribution in [0.2, 0.25) is 1.41 Å². The summed E-state index contributed by atoms with van der Waals surface area (Å²) in [6.07, 6.45) is 5.70. The highest BCUT2D eigenvalue weighted by Gasteiger charge is 2.38. The maximum absolute atomic E-state index is 12.4. The molecule has 1 saturated carbocycles. The van der Waals surface area contributed by atoms with Crippen LogP contribution < -0.4 is 5.56 Å². The second kappa shape index (κ2) is 5.55. The number of aromatic amines is 2. The van der Waals surface area contributed by atoms with Crippen molar-refractivity contribution in [3.05, 3.63) is 62.7 Å². The Morgan fingerprint density at radius 3 is 2.67 bits per heavy atom. The molecule has 0 unspecified atom stereocenters. The Bertz CT molecular complexity index is 1310. The zero-order valence-electron chi connectivity index (χ0n) is 17.0. The first-order valence-corrected chi connectivity index (χ1v) is 9.42. The number of aromatic nitrogens is 5. The van der Waals surface area contributed by atoms with Crippen LogP contribution in [-0.4, -0.2) is 24.3 Å². The Morgan fingerprint density at radius 1 is 1.15 bits per heavy atom. The molecule has 2 atom stereocenters. The van der Waals surface area contributed by atoms with Crippen LogP contribution in [0, 0.1) is 27.7 Å². The first-order chi connectivity index (χ1) is 13.4. The first-order valence-electron chi connectivity index (χ1n) is 9.87. The number of hydrogen-bond donors (Lipinski definition) is 2. The third-order valence-corrected chi connectivity index (χ3v) is 6.37. The molecule has 1 aliphatic rings. The lowest BCUT2D eigenvalue weighted by Gasteiger charge is -2.35. The quantitative estimate of drug-likeness (QED) is 0.569. The van der Waals surface area contributed by atoms with Gasteiger partial charge in [0, 0.05) is 29.9 Å². The van der Waals surface area contributed by atoms with Gasteiger partial charge >= 0.3 is 0 Å². The molecule has 0 amide bonds. The van der Waals surface area contributed by atoms with Gasteiger partial charge in [-0.05, 0) is 63.3 Å². The van der Waals surface area contributed by atoms with Crippen molar-refractivity contribution in [2.45, 2.75) is 52.4 Å². The molecule has 1 aliphatic carbocycles. The lowest BCUT2D eigenvalue weighted by molar-refractivity contribution is 0.326. The maximum Gasteiger partial charge on any atom is 0.260 e. The van der Waals surface area contributed by atoms with Crippen molar-refractivity contribution in [2.24, 2.45) is 0 Å². The summed E-state index contributed by atoms with van der Waals surface area (Å²) in [6, 6.07) is 1.63. The van der Waals surface area contributed by atoms with Gasteiger partial charge in [-0.1, -0.05) is 0 Å². The summed E-state index contributed by atoms with van der Waals surface area (Å²) < 4.78 is 10.1. The molecule has 0 bridgehead atoms. The molecule has 0 aromatic carbocycles. The molecule has 6 nitrogen and oxygen atoms in total. The molecule has 138 valence electrons. The van der Waals surface area contributed by atoms with E-state index in [1.807, 2.05) is 0 Å². The molecule has 0 saturated heterocycles. The molecule has 4 aromatic heterocycles. The zero-order chi connectivity index (χ0) is 19.7. The average molecular weight is 362 g/mol. The van der Waals surface area contributed by atoms with Gasteiger partial charge in [0.25, 0.3) is 5.56 Å². The number of hydrogen-bond acceptors (Lipinski definition) is 3. The molecule has 0 spiro atoms. The molecular weight excluding hydrogens is 338 g/mol. The number of pyridine rings is 1. The Labute approximate surface area is 158 Å². The van der Waals surface area contributed by atoms with E-state index in [-0.39, 0.29) is 17.4 Å². The van der Waals surface area contributed by atoms with Gasteiger partial charge in [-0.25, -0.2) is 9.97 Å². The molecule has 27 heavy (non-hydrogen) atoms. The van der Waals surface area contributed by atoms with Crippen LogP contribution >= 0.6 is 0 Å². The molecule has 6 heteroatoms. The summed E-state index contributed by atoms with van der Waals surface area (Å²) >= 11 is 0. The fourth-order valence-electron chi connectivity index (χ4n) is 4.31. The Balaban J connectivity index is 1.62. The SMILES string of the molecule is [2H]n1ccc2c(=O)[nH]c([C@@H]3CC[C@@H]3c3nc4c(C)c(C)c(C)cn4c3C)nc21. The Kier molecular flexibility index (Phi) is 3.12. The largest absolute Gasteiger partial charge is 0.346 e. The molecule has 1 fully saturated rings. The summed E-state index contributed by atoms with van der Waals surface area (Å²) in [4.78, 5) is 26.1. The van der Waals surface area contributed by atoms with Gasteiger partial charge in [0.2, 0.25) is 0 Å². The third kappa shape index (κ3) is 2.22. The number of aryl methyl sites for hydroxylation is 3. The highest BCUT2D eigenvalue weighted by Crippen LogP contribution is 2.48. The lowest BCUT2D eigenvalue weighted by Crippen LogP contribution is -2.27. The van der Waals surface area contributed by atoms with Crippen LogP contribution in [0.3, 0.4) is 0 Å². The van der Waals surface area contributed by atoms with Crippen LogP contribution in [-0.2, 0) is 0 Å². The van der Waals surface area contributed by atoms with E-state index in [0.717, 1.165) is 34.9 Å². The van der Waals surface area contributed by atoms with E-state index in [1.54, 1.807) is 12.3 Å². The number of imidazole rings is 1. The van der Waals surface area contributed by atoms with Crippen molar-refractivity contribution < 1.29 is 1.41 Å². The van der Waals surface area contributed by atoms with E-state index in [4.69, 9.17) is 6.40 Å². The molecule has 0 aliphatic heterocycles. The van der Waals surface area contributed by atoms with Crippen LogP contribution in [0.25, 0.3) is 16.7 Å². The Hall–Kier alpha value is -2.89. The summed E-state index contributed by atoms with van der Waals surface area (Å²) in [6.45, 7) is 8.52. The Morgan fingerprint density at radius 2 is 1.93 bits per heavy atom. The number of nitrogens with zero attached hydrogens (tertiary/aromatic N) is 3. The predicted octanol–water partition coefficient (Wildman–Crippen LogP) is 3.79. The summed E-state index contributed by atoms with van der Waals surface area (Å²) in [5.74, 6) is 1.02. The molecule has 5 rings (SSSR count). The van der Waals surface area contributed by atoms with Gasteiger partial charge in [0.15, 0.2) is 1.41 Å². The monoisotopic (exact) mass is 362 g/mol. The minimum absolute atomic E-state index is 0.123. The smallest absolute Gasteiger partial charge is 0.260 e. The van der Waals surface area contributed by atoms with Crippen LogP contribution in [0.4, 0.5) is 0 Å². The number of rotatable bonds is 2. The molecule has 2 N–H and O–H groups in total. The molecule has 4 heterocycles. The first kappa shape index (κ1) is 15.2. The highest BCUT2D eigenvalue weighted by atomic mass is 16.1. The summed E-state index contributed by atoms with van der Waals surface area (Å²) in [5, 5.41) is 0.458. The van der Waals surface area contributed by atoms with Gasteiger partial charge in [0.05, 0.1) is 11.1 Å². The average Bonchev–Trinajstić information content (AvgIpc) is 3.15. The number of fused-ring (bicyclic) bond motifs is 2. The number of nitrogens with one attached hydrogen (secondary N) is 2. The van der Waals surface area contributed by atoms with E-state index in [9.17, 15) is 4.79 Å². The van der Waals surface area contributed by atoms with Crippen molar-refractivity contribution >= 4 is 16.7 Å². The zero-order valence-corrected chi connectivity index (χ0v) is 16.0. The maximum atomic E-state index is 12.4. The minimum atomic E-state index is -0.175. The molecule has 0 radical (unpaired) electrons. The lowest BCUT2D eigenvalue weighted by atomic mass is 9.71. The van der Waals surface area contributed by atoms with Gasteiger partial charge in [-0.3, -0.25) is 4.79 Å². The second-order valence-electron chi connectivity index (χ2n) is 7.76. The third-order valence-electron chi connectivity index (χ3n) is 6.37. The number of H-pyrrole nitrogens is 2. The van der Waals surface area contributed by atoms with E-state index in [1.165, 1.54) is 16.7 Å². The van der Waals surface area contributed by atoms with Crippen LogP contribution in [0.1, 0.15) is 58.6 Å². The van der Waals surface area contributed by atoms with Crippen molar-refractivity contribution in [1.29, 1.82) is 0 Å². The van der Waals surface area contributed by atoms with Crippen LogP contribution in [0.5, 0.6) is 0 Å². The summed E-state index contributed by atoms with van der Waals surface area (Å²) in [5.41, 5.74) is 7.25. The van der Waals surface area contributed by atoms with E-state index in [0.29, 0.717) is 16.9 Å². The van der Waals surface area contributed by atoms with E-state index < -0.39 is 0 Å². The van der Waals surface area contributed by atoms with Crippen molar-refractivity contribution in [3.63, 3.8) is 0 Å². The van der Waals surface area contributed by atoms with Crippen molar-refractivity contribution in [1.82, 2.24) is 24.3 Å². The van der Waals surface area contributed by atoms with E-state index in [2.05, 4.69) is 48.3 Å². The van der Waals surface area contributed by atoms with Gasteiger partial charge in [-0.2, -0.15) is 0 Å². The topological polar surface area (TPSA) is 78.8 Å². The van der Waals surface area contributed by atoms with E-state index >= 15 is 0 Å². The van der Waals surface area contributed by atoms with Gasteiger partial charge in [-0.15, -0.1) is 0 Å². The highest BCUT2D eigenvalue weighted by molar-refractivity contribution is 5.73. The molecule has 4 aromatic rings. The fourth-order valence-corrected chi connectivity index (χ4v) is 4.31. The van der Waals surface area contributed by atoms with Gasteiger partial charge in [0.1, 0.15) is 17.1 Å². The minimum Gasteiger partial charge on any atom is -0.346 e. The van der Waals surface area contributed by atoms with Crippen LogP contribution in [0.15, 0.2) is 23.3 Å². The predicted molar refractivity (Wildman–Crippen MR) is 106 cm³/mol. The standard InChI is InChI=1S/C21H23N5O/c1-10-9-26-13(4)17(23-20(26)12(3)11(10)2)14-5-6-15(14)19-24-18-16(7-8-22-18)21(27)25-19/h7-9,14-15H,5-6H2,1-4H3,(H2,22,24,25,27)/t14-,15+/m0/s1/i/hD. The van der Waals surface area contributed by atoms with Crippen molar-refractivity contribution in [3.8, 4) is 0 Å². The second-order valence-corrected chi connectivity index (χ2v) is 7.76. The summed E-state index contributed by atoms with van der Waals surface area (Å²) in [7, 11) is 0. The molecular formula is C21H23N5O. The van der Waals surface area contributed by atoms with Crippen molar-refractivity contribution in [2.75, 3.05) is 0 Å². The normalized spacial score (nSPS) is 20.2. The van der Waals surface area contributed by atoms with Gasteiger partial charge < -0.3 is 14.4 Å².